The number of para-hydroxylation sites is 2. The van der Waals surface area contributed by atoms with Gasteiger partial charge in [0, 0.05) is 5.56 Å². The second-order valence-corrected chi connectivity index (χ2v) is 8.50. The number of aromatic nitrogens is 2. The van der Waals surface area contributed by atoms with E-state index < -0.39 is 10.8 Å². The van der Waals surface area contributed by atoms with Gasteiger partial charge in [-0.1, -0.05) is 42.1 Å². The van der Waals surface area contributed by atoms with Gasteiger partial charge in [-0.15, -0.1) is 10.2 Å². The van der Waals surface area contributed by atoms with Gasteiger partial charge in [-0.25, -0.2) is 0 Å². The fourth-order valence-electron chi connectivity index (χ4n) is 3.18. The van der Waals surface area contributed by atoms with Crippen LogP contribution in [0.15, 0.2) is 64.2 Å². The normalized spacial score (nSPS) is 16.1. The van der Waals surface area contributed by atoms with Gasteiger partial charge in [-0.2, -0.15) is 0 Å². The van der Waals surface area contributed by atoms with E-state index in [-0.39, 0.29) is 11.8 Å². The highest BCUT2D eigenvalue weighted by Gasteiger charge is 2.45. The van der Waals surface area contributed by atoms with E-state index in [4.69, 9.17) is 4.42 Å². The molecular weight excluding hydrogens is 388 g/mol. The average molecular weight is 408 g/mol. The Morgan fingerprint density at radius 2 is 1.79 bits per heavy atom. The first kappa shape index (κ1) is 19.2. The Labute approximate surface area is 172 Å². The Kier molecular flexibility index (Phi) is 4.87. The maximum Gasteiger partial charge on any atom is 0.277 e. The highest BCUT2D eigenvalue weighted by Crippen LogP contribution is 2.38. The molecule has 148 valence electrons. The molecule has 0 fully saturated rings. The molecule has 0 spiro atoms. The van der Waals surface area contributed by atoms with Gasteiger partial charge in [0.05, 0.1) is 16.6 Å². The third-order valence-electron chi connectivity index (χ3n) is 4.78. The summed E-state index contributed by atoms with van der Waals surface area (Å²) < 4.78 is 5.71. The van der Waals surface area contributed by atoms with Crippen molar-refractivity contribution < 1.29 is 14.0 Å². The maximum atomic E-state index is 13.3. The molecular formula is C21H20N4O3S. The van der Waals surface area contributed by atoms with E-state index in [1.807, 2.05) is 48.5 Å². The molecule has 2 amide bonds. The number of anilines is 2. The number of nitrogens with one attached hydrogen (secondary N) is 1. The second-order valence-electron chi connectivity index (χ2n) is 7.20. The smallest absolute Gasteiger partial charge is 0.277 e. The first-order valence-corrected chi connectivity index (χ1v) is 10.1. The SMILES string of the molecule is C[C@H](Sc1nnc(-c2ccccc2)o1)C(=O)N1c2ccccc2NC(=O)C1(C)C. The van der Waals surface area contributed by atoms with Crippen molar-refractivity contribution in [2.24, 2.45) is 0 Å². The summed E-state index contributed by atoms with van der Waals surface area (Å²) in [6.45, 7) is 5.23. The van der Waals surface area contributed by atoms with Crippen LogP contribution in [0.25, 0.3) is 11.5 Å². The molecule has 0 bridgehead atoms. The van der Waals surface area contributed by atoms with Crippen molar-refractivity contribution in [3.05, 3.63) is 54.6 Å². The Morgan fingerprint density at radius 3 is 2.55 bits per heavy atom. The van der Waals surface area contributed by atoms with E-state index in [0.29, 0.717) is 22.5 Å². The van der Waals surface area contributed by atoms with Gasteiger partial charge in [0.1, 0.15) is 5.54 Å². The van der Waals surface area contributed by atoms with Gasteiger partial charge >= 0.3 is 0 Å². The number of nitrogens with zero attached hydrogens (tertiary/aromatic N) is 3. The van der Waals surface area contributed by atoms with Crippen LogP contribution < -0.4 is 10.2 Å². The number of hydrogen-bond donors (Lipinski definition) is 1. The molecule has 2 aromatic carbocycles. The number of carbonyl (C=O) groups excluding carboxylic acids is 2. The van der Waals surface area contributed by atoms with E-state index in [0.717, 1.165) is 5.56 Å². The summed E-state index contributed by atoms with van der Waals surface area (Å²) in [6.07, 6.45) is 0. The number of rotatable bonds is 4. The lowest BCUT2D eigenvalue weighted by Gasteiger charge is -2.42. The van der Waals surface area contributed by atoms with Crippen molar-refractivity contribution in [3.63, 3.8) is 0 Å². The van der Waals surface area contributed by atoms with Crippen molar-refractivity contribution in [1.82, 2.24) is 10.2 Å². The predicted octanol–water partition coefficient (Wildman–Crippen LogP) is 3.98. The van der Waals surface area contributed by atoms with Crippen LogP contribution >= 0.6 is 11.8 Å². The van der Waals surface area contributed by atoms with Gasteiger partial charge in [-0.05, 0) is 45.0 Å². The third kappa shape index (κ3) is 3.51. The second kappa shape index (κ2) is 7.36. The molecule has 0 unspecified atom stereocenters. The lowest BCUT2D eigenvalue weighted by Crippen LogP contribution is -2.60. The summed E-state index contributed by atoms with van der Waals surface area (Å²) in [4.78, 5) is 27.5. The van der Waals surface area contributed by atoms with Crippen LogP contribution in [0.3, 0.4) is 0 Å². The van der Waals surface area contributed by atoms with E-state index in [1.165, 1.54) is 11.8 Å². The van der Waals surface area contributed by atoms with Crippen molar-refractivity contribution in [3.8, 4) is 11.5 Å². The average Bonchev–Trinajstić information content (AvgIpc) is 3.17. The molecule has 3 aromatic rings. The zero-order valence-corrected chi connectivity index (χ0v) is 17.1. The van der Waals surface area contributed by atoms with E-state index in [1.54, 1.807) is 31.7 Å². The van der Waals surface area contributed by atoms with Crippen LogP contribution in [-0.2, 0) is 9.59 Å². The van der Waals surface area contributed by atoms with Crippen LogP contribution in [-0.4, -0.2) is 32.8 Å². The summed E-state index contributed by atoms with van der Waals surface area (Å²) >= 11 is 1.17. The van der Waals surface area contributed by atoms with E-state index in [2.05, 4.69) is 15.5 Å². The van der Waals surface area contributed by atoms with Crippen LogP contribution in [0.4, 0.5) is 11.4 Å². The minimum Gasteiger partial charge on any atom is -0.411 e. The van der Waals surface area contributed by atoms with Crippen LogP contribution in [0.5, 0.6) is 0 Å². The standard InChI is InChI=1S/C21H20N4O3S/c1-13(29-20-24-23-17(28-20)14-9-5-4-6-10-14)18(26)25-16-12-8-7-11-15(16)22-19(27)21(25,2)3/h4-13H,1-3H3,(H,22,27)/t13-/m0/s1. The lowest BCUT2D eigenvalue weighted by atomic mass is 9.96. The Bertz CT molecular complexity index is 1060. The Hall–Kier alpha value is -3.13. The largest absolute Gasteiger partial charge is 0.411 e. The number of fused-ring (bicyclic) bond motifs is 1. The quantitative estimate of drug-likeness (QED) is 0.657. The van der Waals surface area contributed by atoms with Crippen LogP contribution in [0.2, 0.25) is 0 Å². The zero-order valence-electron chi connectivity index (χ0n) is 16.2. The molecule has 0 aliphatic carbocycles. The number of amides is 2. The van der Waals surface area contributed by atoms with Gasteiger partial charge in [-0.3, -0.25) is 14.5 Å². The molecule has 1 aliphatic heterocycles. The Balaban J connectivity index is 1.58. The highest BCUT2D eigenvalue weighted by atomic mass is 32.2. The van der Waals surface area contributed by atoms with Gasteiger partial charge < -0.3 is 9.73 Å². The molecule has 1 N–H and O–H groups in total. The molecule has 1 aliphatic rings. The van der Waals surface area contributed by atoms with Crippen molar-refractivity contribution >= 4 is 35.0 Å². The first-order valence-electron chi connectivity index (χ1n) is 9.18. The predicted molar refractivity (Wildman–Crippen MR) is 112 cm³/mol. The fraction of sp³-hybridized carbons (Fsp3) is 0.238. The molecule has 0 saturated heterocycles. The summed E-state index contributed by atoms with van der Waals surface area (Å²) in [5.41, 5.74) is 1.08. The van der Waals surface area contributed by atoms with Gasteiger partial charge in [0.15, 0.2) is 0 Å². The summed E-state index contributed by atoms with van der Waals surface area (Å²) in [5, 5.41) is 10.8. The number of carbonyl (C=O) groups is 2. The van der Waals surface area contributed by atoms with Crippen molar-refractivity contribution in [1.29, 1.82) is 0 Å². The molecule has 2 heterocycles. The topological polar surface area (TPSA) is 88.3 Å². The van der Waals surface area contributed by atoms with Gasteiger partial charge in [0.2, 0.25) is 17.7 Å². The lowest BCUT2D eigenvalue weighted by molar-refractivity contribution is -0.126. The van der Waals surface area contributed by atoms with Gasteiger partial charge in [0.25, 0.3) is 5.22 Å². The van der Waals surface area contributed by atoms with E-state index >= 15 is 0 Å². The number of benzene rings is 2. The third-order valence-corrected chi connectivity index (χ3v) is 5.70. The summed E-state index contributed by atoms with van der Waals surface area (Å²) in [6, 6.07) is 16.7. The highest BCUT2D eigenvalue weighted by molar-refractivity contribution is 8.00. The molecule has 29 heavy (non-hydrogen) atoms. The number of hydrogen-bond acceptors (Lipinski definition) is 6. The molecule has 1 aromatic heterocycles. The minimum atomic E-state index is -1.02. The number of thioether (sulfide) groups is 1. The minimum absolute atomic E-state index is 0.207. The Morgan fingerprint density at radius 1 is 1.10 bits per heavy atom. The first-order chi connectivity index (χ1) is 13.9. The van der Waals surface area contributed by atoms with Crippen molar-refractivity contribution in [2.75, 3.05) is 10.2 Å². The van der Waals surface area contributed by atoms with Crippen LogP contribution in [0, 0.1) is 0 Å². The van der Waals surface area contributed by atoms with Crippen molar-refractivity contribution in [2.45, 2.75) is 36.8 Å². The zero-order chi connectivity index (χ0) is 20.6. The maximum absolute atomic E-state index is 13.3. The molecule has 4 rings (SSSR count). The molecule has 0 saturated carbocycles. The van der Waals surface area contributed by atoms with E-state index in [9.17, 15) is 9.59 Å². The fourth-order valence-corrected chi connectivity index (χ4v) is 3.91. The monoisotopic (exact) mass is 408 g/mol. The molecule has 0 radical (unpaired) electrons. The molecule has 8 heteroatoms. The molecule has 7 nitrogen and oxygen atoms in total. The summed E-state index contributed by atoms with van der Waals surface area (Å²) in [7, 11) is 0. The summed E-state index contributed by atoms with van der Waals surface area (Å²) in [5.74, 6) is -0.0385. The molecule has 1 atom stereocenters. The van der Waals surface area contributed by atoms with Crippen LogP contribution in [0.1, 0.15) is 20.8 Å².